The molecule has 1 atom stereocenters. The number of anilines is 2. The SMILES string of the molecule is COc1ccc2c(c1)cc(/C=C/C(=O)Nc1cccc3c1CC(O)CN3)n2Cc1cccc(F)c1. The van der Waals surface area contributed by atoms with Crippen molar-refractivity contribution < 1.29 is 19.0 Å². The third-order valence-electron chi connectivity index (χ3n) is 6.18. The summed E-state index contributed by atoms with van der Waals surface area (Å²) in [5, 5.41) is 17.1. The minimum atomic E-state index is -0.494. The minimum Gasteiger partial charge on any atom is -0.497 e. The van der Waals surface area contributed by atoms with E-state index in [0.29, 0.717) is 25.2 Å². The molecule has 0 saturated carbocycles. The molecule has 0 radical (unpaired) electrons. The molecule has 5 rings (SSSR count). The molecular weight excluding hydrogens is 445 g/mol. The molecule has 0 aliphatic carbocycles. The number of nitrogens with one attached hydrogen (secondary N) is 2. The van der Waals surface area contributed by atoms with Crippen molar-refractivity contribution in [2.24, 2.45) is 0 Å². The van der Waals surface area contributed by atoms with Crippen LogP contribution in [0.15, 0.2) is 72.8 Å². The van der Waals surface area contributed by atoms with Crippen molar-refractivity contribution >= 4 is 34.3 Å². The molecule has 3 aromatic carbocycles. The minimum absolute atomic E-state index is 0.279. The Morgan fingerprint density at radius 2 is 2.06 bits per heavy atom. The predicted octanol–water partition coefficient (Wildman–Crippen LogP) is 4.82. The second-order valence-corrected chi connectivity index (χ2v) is 8.60. The number of methoxy groups -OCH3 is 1. The molecule has 1 aromatic heterocycles. The van der Waals surface area contributed by atoms with Crippen LogP contribution in [0.1, 0.15) is 16.8 Å². The summed E-state index contributed by atoms with van der Waals surface area (Å²) in [6.07, 6.45) is 3.22. The van der Waals surface area contributed by atoms with Gasteiger partial charge in [-0.3, -0.25) is 4.79 Å². The second kappa shape index (κ2) is 9.64. The highest BCUT2D eigenvalue weighted by atomic mass is 19.1. The van der Waals surface area contributed by atoms with E-state index in [9.17, 15) is 14.3 Å². The number of fused-ring (bicyclic) bond motifs is 2. The van der Waals surface area contributed by atoms with Gasteiger partial charge in [-0.05, 0) is 60.2 Å². The van der Waals surface area contributed by atoms with Gasteiger partial charge in [0, 0.05) is 59.1 Å². The van der Waals surface area contributed by atoms with E-state index in [1.54, 1.807) is 19.3 Å². The first-order valence-electron chi connectivity index (χ1n) is 11.4. The van der Waals surface area contributed by atoms with E-state index in [4.69, 9.17) is 4.74 Å². The summed E-state index contributed by atoms with van der Waals surface area (Å²) in [4.78, 5) is 12.8. The normalized spacial score (nSPS) is 15.1. The lowest BCUT2D eigenvalue weighted by molar-refractivity contribution is -0.111. The summed E-state index contributed by atoms with van der Waals surface area (Å²) in [6.45, 7) is 0.940. The van der Waals surface area contributed by atoms with Crippen LogP contribution >= 0.6 is 0 Å². The molecule has 35 heavy (non-hydrogen) atoms. The molecule has 4 aromatic rings. The number of halogens is 1. The molecule has 178 valence electrons. The zero-order valence-electron chi connectivity index (χ0n) is 19.3. The van der Waals surface area contributed by atoms with Gasteiger partial charge in [0.2, 0.25) is 5.91 Å². The number of β-amino-alcohol motifs (C(OH)–C–C–N with tert-alkyl or cyclic N) is 1. The first-order chi connectivity index (χ1) is 17.0. The van der Waals surface area contributed by atoms with Crippen molar-refractivity contribution in [3.05, 3.63) is 95.4 Å². The van der Waals surface area contributed by atoms with Crippen LogP contribution in [0, 0.1) is 5.82 Å². The third kappa shape index (κ3) is 4.90. The van der Waals surface area contributed by atoms with Gasteiger partial charge in [-0.25, -0.2) is 4.39 Å². The molecule has 0 fully saturated rings. The van der Waals surface area contributed by atoms with Gasteiger partial charge in [-0.15, -0.1) is 0 Å². The van der Waals surface area contributed by atoms with Crippen molar-refractivity contribution in [1.82, 2.24) is 4.57 Å². The Kier molecular flexibility index (Phi) is 6.25. The smallest absolute Gasteiger partial charge is 0.248 e. The molecule has 1 unspecified atom stereocenters. The topological polar surface area (TPSA) is 75.5 Å². The number of nitrogens with zero attached hydrogens (tertiary/aromatic N) is 1. The van der Waals surface area contributed by atoms with E-state index in [1.165, 1.54) is 18.2 Å². The first-order valence-corrected chi connectivity index (χ1v) is 11.4. The summed E-state index contributed by atoms with van der Waals surface area (Å²) in [5.41, 5.74) is 5.06. The molecule has 1 amide bonds. The Balaban J connectivity index is 1.44. The molecule has 2 heterocycles. The Labute approximate surface area is 202 Å². The maximum Gasteiger partial charge on any atom is 0.248 e. The number of benzene rings is 3. The number of rotatable bonds is 6. The quantitative estimate of drug-likeness (QED) is 0.353. The fourth-order valence-corrected chi connectivity index (χ4v) is 4.49. The predicted molar refractivity (Wildman–Crippen MR) is 136 cm³/mol. The summed E-state index contributed by atoms with van der Waals surface area (Å²) in [5.74, 6) is 0.167. The van der Waals surface area contributed by atoms with Crippen molar-refractivity contribution in [2.45, 2.75) is 19.1 Å². The van der Waals surface area contributed by atoms with Crippen LogP contribution in [0.3, 0.4) is 0 Å². The Bertz CT molecular complexity index is 1430. The van der Waals surface area contributed by atoms with Gasteiger partial charge >= 0.3 is 0 Å². The van der Waals surface area contributed by atoms with Crippen LogP contribution in [0.4, 0.5) is 15.8 Å². The molecular formula is C28H26FN3O3. The Morgan fingerprint density at radius 1 is 1.20 bits per heavy atom. The van der Waals surface area contributed by atoms with Crippen molar-refractivity contribution in [3.63, 3.8) is 0 Å². The van der Waals surface area contributed by atoms with Crippen molar-refractivity contribution in [2.75, 3.05) is 24.3 Å². The van der Waals surface area contributed by atoms with Crippen LogP contribution in [0.25, 0.3) is 17.0 Å². The molecule has 0 saturated heterocycles. The lowest BCUT2D eigenvalue weighted by Gasteiger charge is -2.24. The highest BCUT2D eigenvalue weighted by Crippen LogP contribution is 2.30. The molecule has 3 N–H and O–H groups in total. The van der Waals surface area contributed by atoms with Gasteiger partial charge in [-0.1, -0.05) is 18.2 Å². The number of carbonyl (C=O) groups excluding carboxylic acids is 1. The highest BCUT2D eigenvalue weighted by molar-refractivity contribution is 6.03. The number of ether oxygens (including phenoxy) is 1. The maximum atomic E-state index is 13.8. The van der Waals surface area contributed by atoms with Gasteiger partial charge in [0.05, 0.1) is 13.2 Å². The summed E-state index contributed by atoms with van der Waals surface area (Å²) < 4.78 is 21.2. The number of carbonyl (C=O) groups is 1. The van der Waals surface area contributed by atoms with E-state index in [1.807, 2.05) is 53.1 Å². The average Bonchev–Trinajstić information content (AvgIpc) is 3.19. The van der Waals surface area contributed by atoms with Crippen LogP contribution in [-0.2, 0) is 17.8 Å². The van der Waals surface area contributed by atoms with Crippen LogP contribution in [0.2, 0.25) is 0 Å². The number of aliphatic hydroxyl groups is 1. The first kappa shape index (κ1) is 22.7. The number of amides is 1. The summed E-state index contributed by atoms with van der Waals surface area (Å²) in [6, 6.07) is 19.9. The lowest BCUT2D eigenvalue weighted by Crippen LogP contribution is -2.28. The lowest BCUT2D eigenvalue weighted by atomic mass is 9.99. The largest absolute Gasteiger partial charge is 0.497 e. The van der Waals surface area contributed by atoms with E-state index < -0.39 is 6.10 Å². The van der Waals surface area contributed by atoms with Crippen molar-refractivity contribution in [1.29, 1.82) is 0 Å². The number of aliphatic hydroxyl groups excluding tert-OH is 1. The molecule has 0 spiro atoms. The van der Waals surface area contributed by atoms with Crippen LogP contribution in [-0.4, -0.2) is 35.3 Å². The van der Waals surface area contributed by atoms with E-state index in [0.717, 1.165) is 39.2 Å². The molecule has 7 heteroatoms. The van der Waals surface area contributed by atoms with Crippen molar-refractivity contribution in [3.8, 4) is 5.75 Å². The van der Waals surface area contributed by atoms with Gasteiger partial charge in [-0.2, -0.15) is 0 Å². The second-order valence-electron chi connectivity index (χ2n) is 8.60. The highest BCUT2D eigenvalue weighted by Gasteiger charge is 2.19. The Hall–Kier alpha value is -4.10. The number of hydrogen-bond donors (Lipinski definition) is 3. The third-order valence-corrected chi connectivity index (χ3v) is 6.18. The molecule has 1 aliphatic rings. The molecule has 6 nitrogen and oxygen atoms in total. The fraction of sp³-hybridized carbons (Fsp3) is 0.179. The van der Waals surface area contributed by atoms with E-state index >= 15 is 0 Å². The standard InChI is InChI=1S/C28H26FN3O3/c1-35-23-9-10-27-19(14-23)13-21(32(27)17-18-4-2-5-20(29)12-18)8-11-28(34)31-26-7-3-6-25-24(26)15-22(33)16-30-25/h2-14,22,30,33H,15-17H2,1H3,(H,31,34)/b11-8+. The monoisotopic (exact) mass is 471 g/mol. The average molecular weight is 472 g/mol. The van der Waals surface area contributed by atoms with E-state index in [2.05, 4.69) is 10.6 Å². The van der Waals surface area contributed by atoms with Gasteiger partial charge in [0.1, 0.15) is 11.6 Å². The van der Waals surface area contributed by atoms with Gasteiger partial charge in [0.25, 0.3) is 0 Å². The zero-order valence-corrected chi connectivity index (χ0v) is 19.3. The molecule has 0 bridgehead atoms. The van der Waals surface area contributed by atoms with Crippen LogP contribution in [0.5, 0.6) is 5.75 Å². The van der Waals surface area contributed by atoms with Gasteiger partial charge < -0.3 is 25.0 Å². The summed E-state index contributed by atoms with van der Waals surface area (Å²) in [7, 11) is 1.62. The molecule has 1 aliphatic heterocycles. The number of hydrogen-bond acceptors (Lipinski definition) is 4. The summed E-state index contributed by atoms with van der Waals surface area (Å²) >= 11 is 0. The Morgan fingerprint density at radius 3 is 2.89 bits per heavy atom. The number of aromatic nitrogens is 1. The van der Waals surface area contributed by atoms with Crippen LogP contribution < -0.4 is 15.4 Å². The van der Waals surface area contributed by atoms with Gasteiger partial charge in [0.15, 0.2) is 0 Å². The zero-order chi connectivity index (χ0) is 24.4. The van der Waals surface area contributed by atoms with E-state index in [-0.39, 0.29) is 11.7 Å². The maximum absolute atomic E-state index is 13.8. The fourth-order valence-electron chi connectivity index (χ4n) is 4.49.